The van der Waals surface area contributed by atoms with Crippen LogP contribution < -0.4 is 0 Å². The van der Waals surface area contributed by atoms with Gasteiger partial charge in [-0.1, -0.05) is 0 Å². The Kier molecular flexibility index (Phi) is 4.38. The summed E-state index contributed by atoms with van der Waals surface area (Å²) in [6.45, 7) is 0. The van der Waals surface area contributed by atoms with Crippen molar-refractivity contribution in [3.8, 4) is 0 Å². The van der Waals surface area contributed by atoms with Crippen LogP contribution in [0.25, 0.3) is 11.0 Å². The van der Waals surface area contributed by atoms with Crippen molar-refractivity contribution in [1.29, 1.82) is 0 Å². The quantitative estimate of drug-likeness (QED) is 0.305. The number of hydrogen-bond donors (Lipinski definition) is 0. The van der Waals surface area contributed by atoms with Gasteiger partial charge in [0.2, 0.25) is 0 Å². The molecule has 0 aromatic carbocycles. The zero-order valence-corrected chi connectivity index (χ0v) is 14.3. The van der Waals surface area contributed by atoms with E-state index in [1.807, 2.05) is 17.6 Å². The first-order valence-electron chi connectivity index (χ1n) is 3.60. The van der Waals surface area contributed by atoms with Gasteiger partial charge in [0.05, 0.1) is 0 Å². The molecular weight excluding hydrogens is 509 g/mol. The Morgan fingerprint density at radius 2 is 2.14 bits per heavy atom. The predicted octanol–water partition coefficient (Wildman–Crippen LogP) is 5.39. The highest BCUT2D eigenvalue weighted by molar-refractivity contribution is 14.3. The lowest BCUT2D eigenvalue weighted by Gasteiger charge is -2.03. The molecule has 0 saturated heterocycles. The van der Waals surface area contributed by atoms with Gasteiger partial charge in [-0.2, -0.15) is 0 Å². The highest BCUT2D eigenvalue weighted by atomic mass is 127. The van der Waals surface area contributed by atoms with Crippen LogP contribution in [0.4, 0.5) is 0 Å². The summed E-state index contributed by atoms with van der Waals surface area (Å²) in [5.41, 5.74) is 1.03. The highest BCUT2D eigenvalue weighted by Crippen LogP contribution is 2.65. The fourth-order valence-corrected chi connectivity index (χ4v) is 6.08. The minimum Gasteiger partial charge on any atom is -0.270 e. The molecule has 0 aliphatic carbocycles. The van der Waals surface area contributed by atoms with Gasteiger partial charge >= 0.3 is 0 Å². The van der Waals surface area contributed by atoms with E-state index in [2.05, 4.69) is 87.3 Å². The van der Waals surface area contributed by atoms with Gasteiger partial charge in [-0.05, 0) is 78.2 Å². The average molecular weight is 513 g/mol. The molecular formula is C7H4BrI2N2PS. The molecule has 2 nitrogen and oxygen atoms in total. The van der Waals surface area contributed by atoms with Crippen molar-refractivity contribution in [3.63, 3.8) is 0 Å². The molecule has 0 saturated carbocycles. The molecule has 0 fully saturated rings. The maximum absolute atomic E-state index is 4.45. The standard InChI is InChI=1S/C7H4BrI2N2PS/c8-6-2-1-5-3-4-12(7(5)11-6)14-13(9)10/h1-4H. The van der Waals surface area contributed by atoms with Gasteiger partial charge < -0.3 is 0 Å². The van der Waals surface area contributed by atoms with Crippen molar-refractivity contribution >= 4 is 85.0 Å². The Hall–Kier alpha value is 1.41. The van der Waals surface area contributed by atoms with E-state index >= 15 is 0 Å². The molecule has 0 bridgehead atoms. The van der Waals surface area contributed by atoms with Crippen LogP contribution in [-0.4, -0.2) is 8.96 Å². The second kappa shape index (κ2) is 5.16. The van der Waals surface area contributed by atoms with Crippen molar-refractivity contribution in [2.24, 2.45) is 0 Å². The Labute approximate surface area is 121 Å². The van der Waals surface area contributed by atoms with Gasteiger partial charge in [-0.25, -0.2) is 4.98 Å². The molecule has 0 radical (unpaired) electrons. The van der Waals surface area contributed by atoms with E-state index in [0.29, 0.717) is 0 Å². The Bertz CT molecular complexity index is 462. The van der Waals surface area contributed by atoms with Crippen LogP contribution in [0.2, 0.25) is 0 Å². The van der Waals surface area contributed by atoms with E-state index in [0.717, 1.165) is 10.3 Å². The van der Waals surface area contributed by atoms with Gasteiger partial charge in [0.1, 0.15) is 7.01 Å². The SMILES string of the molecule is Brc1ccc2ccn(SP(I)I)c2n1. The minimum absolute atomic E-state index is 0.0695. The second-order valence-electron chi connectivity index (χ2n) is 2.47. The summed E-state index contributed by atoms with van der Waals surface area (Å²) in [5, 5.41) is 1.19. The summed E-state index contributed by atoms with van der Waals surface area (Å²) in [5.74, 6) is 0. The molecule has 0 aliphatic rings. The monoisotopic (exact) mass is 512 g/mol. The van der Waals surface area contributed by atoms with Crippen LogP contribution in [0, 0.1) is 0 Å². The summed E-state index contributed by atoms with van der Waals surface area (Å²) >= 11 is 10.1. The molecule has 2 aromatic rings. The van der Waals surface area contributed by atoms with Crippen molar-refractivity contribution in [3.05, 3.63) is 29.0 Å². The van der Waals surface area contributed by atoms with E-state index in [4.69, 9.17) is 0 Å². The molecule has 2 heterocycles. The summed E-state index contributed by atoms with van der Waals surface area (Å²) < 4.78 is 2.95. The predicted molar refractivity (Wildman–Crippen MR) is 85.4 cm³/mol. The molecule has 0 aliphatic heterocycles. The normalized spacial score (nSPS) is 11.4. The lowest BCUT2D eigenvalue weighted by atomic mass is 10.3. The molecule has 0 atom stereocenters. The van der Waals surface area contributed by atoms with Crippen molar-refractivity contribution in [2.75, 3.05) is 0 Å². The minimum atomic E-state index is -0.0695. The molecule has 2 rings (SSSR count). The number of halogens is 3. The molecule has 2 aromatic heterocycles. The van der Waals surface area contributed by atoms with Gasteiger partial charge in [0, 0.05) is 23.2 Å². The Morgan fingerprint density at radius 1 is 1.36 bits per heavy atom. The smallest absolute Gasteiger partial charge is 0.151 e. The van der Waals surface area contributed by atoms with E-state index in [1.54, 1.807) is 0 Å². The highest BCUT2D eigenvalue weighted by Gasteiger charge is 2.06. The van der Waals surface area contributed by atoms with E-state index < -0.39 is 0 Å². The molecule has 0 N–H and O–H groups in total. The van der Waals surface area contributed by atoms with Crippen molar-refractivity contribution in [2.45, 2.75) is 0 Å². The van der Waals surface area contributed by atoms with Crippen LogP contribution in [0.1, 0.15) is 0 Å². The summed E-state index contributed by atoms with van der Waals surface area (Å²) in [6.07, 6.45) is 2.07. The largest absolute Gasteiger partial charge is 0.270 e. The number of pyridine rings is 1. The topological polar surface area (TPSA) is 17.8 Å². The molecule has 74 valence electrons. The first-order valence-corrected chi connectivity index (χ1v) is 12.7. The van der Waals surface area contributed by atoms with E-state index in [1.165, 1.54) is 5.39 Å². The van der Waals surface area contributed by atoms with Crippen LogP contribution in [-0.2, 0) is 0 Å². The fourth-order valence-electron chi connectivity index (χ4n) is 1.09. The summed E-state index contributed by atoms with van der Waals surface area (Å²) in [4.78, 5) is 4.45. The summed E-state index contributed by atoms with van der Waals surface area (Å²) in [7, 11) is 0. The fraction of sp³-hybridized carbons (Fsp3) is 0. The number of hydrogen-bond acceptors (Lipinski definition) is 2. The zero-order chi connectivity index (χ0) is 10.1. The third-order valence-electron chi connectivity index (χ3n) is 1.62. The van der Waals surface area contributed by atoms with Crippen LogP contribution in [0.15, 0.2) is 29.0 Å². The van der Waals surface area contributed by atoms with Gasteiger partial charge in [-0.3, -0.25) is 3.97 Å². The van der Waals surface area contributed by atoms with Gasteiger partial charge in [0.15, 0.2) is 5.65 Å². The zero-order valence-electron chi connectivity index (χ0n) is 6.69. The van der Waals surface area contributed by atoms with Crippen LogP contribution in [0.5, 0.6) is 0 Å². The van der Waals surface area contributed by atoms with Crippen LogP contribution >= 0.6 is 74.0 Å². The lowest BCUT2D eigenvalue weighted by molar-refractivity contribution is 1.24. The Balaban J connectivity index is 2.50. The van der Waals surface area contributed by atoms with E-state index in [-0.39, 0.29) is 2.41 Å². The summed E-state index contributed by atoms with van der Waals surface area (Å²) in [6, 6.07) is 6.13. The maximum atomic E-state index is 4.45. The third-order valence-corrected chi connectivity index (χ3v) is 6.72. The Morgan fingerprint density at radius 3 is 2.86 bits per heavy atom. The number of rotatable bonds is 2. The lowest BCUT2D eigenvalue weighted by Crippen LogP contribution is -1.84. The number of aromatic nitrogens is 2. The molecule has 7 heteroatoms. The maximum Gasteiger partial charge on any atom is 0.151 e. The first kappa shape index (κ1) is 11.9. The molecule has 0 unspecified atom stereocenters. The van der Waals surface area contributed by atoms with Gasteiger partial charge in [0.25, 0.3) is 0 Å². The second-order valence-corrected chi connectivity index (χ2v) is 21.1. The molecule has 14 heavy (non-hydrogen) atoms. The van der Waals surface area contributed by atoms with Gasteiger partial charge in [-0.15, -0.1) is 0 Å². The van der Waals surface area contributed by atoms with E-state index in [9.17, 15) is 0 Å². The number of fused-ring (bicyclic) bond motifs is 1. The third kappa shape index (κ3) is 2.75. The molecule has 0 amide bonds. The molecule has 0 spiro atoms. The average Bonchev–Trinajstić information content (AvgIpc) is 2.47. The van der Waals surface area contributed by atoms with Crippen molar-refractivity contribution < 1.29 is 0 Å². The first-order chi connectivity index (χ1) is 6.66. The van der Waals surface area contributed by atoms with Crippen molar-refractivity contribution in [1.82, 2.24) is 8.96 Å². The number of nitrogens with zero attached hydrogens (tertiary/aromatic N) is 2. The van der Waals surface area contributed by atoms with Crippen LogP contribution in [0.3, 0.4) is 0 Å².